The number of aliphatic carboxylic acids is 1. The average molecular weight is 663 g/mol. The number of thiazole rings is 1. The van der Waals surface area contributed by atoms with Gasteiger partial charge in [-0.3, -0.25) is 14.7 Å². The van der Waals surface area contributed by atoms with Crippen LogP contribution in [0.1, 0.15) is 63.2 Å². The number of ether oxygens (including phenoxy) is 1. The van der Waals surface area contributed by atoms with E-state index >= 15 is 8.78 Å². The summed E-state index contributed by atoms with van der Waals surface area (Å²) in [5.41, 5.74) is 0.148. The minimum Gasteiger partial charge on any atom is -0.481 e. The molecule has 2 fully saturated rings. The van der Waals surface area contributed by atoms with Crippen LogP contribution in [0.2, 0.25) is 0 Å². The molecule has 0 radical (unpaired) electrons. The first-order valence-corrected chi connectivity index (χ1v) is 16.3. The number of carboxylic acid groups (broad SMARTS) is 1. The average Bonchev–Trinajstić information content (AvgIpc) is 3.71. The van der Waals surface area contributed by atoms with Crippen LogP contribution in [0.3, 0.4) is 0 Å². The lowest BCUT2D eigenvalue weighted by atomic mass is 9.89. The van der Waals surface area contributed by atoms with Crippen molar-refractivity contribution in [3.05, 3.63) is 63.0 Å². The first-order chi connectivity index (χ1) is 21.7. The second kappa shape index (κ2) is 13.1. The standard InChI is InChI=1S/C32H41F3N6O4S/c1-7-45-29(42)24-22(37-27(28-36-12-14-46-28)38-25(24)20-9-8-10-21(33)19(20)4)15-39-17-32(34,35)26-23(39)16-41(18(2)3)40(26)13-11-31(5,6)30(43)44/h8-10,12,14,18,23,25-26H,7,11,13,15-17H2,1-6H3,(H,37,38)(H,43,44)/t23-,25+,26+/m1/s1. The van der Waals surface area contributed by atoms with E-state index in [-0.39, 0.29) is 37.7 Å². The van der Waals surface area contributed by atoms with Crippen molar-refractivity contribution in [1.82, 2.24) is 25.2 Å². The number of nitrogens with zero attached hydrogens (tertiary/aromatic N) is 5. The number of amidine groups is 1. The van der Waals surface area contributed by atoms with Gasteiger partial charge in [-0.25, -0.2) is 33.0 Å². The number of carbonyl (C=O) groups is 2. The summed E-state index contributed by atoms with van der Waals surface area (Å²) < 4.78 is 52.4. The van der Waals surface area contributed by atoms with E-state index < -0.39 is 53.8 Å². The van der Waals surface area contributed by atoms with Gasteiger partial charge in [-0.1, -0.05) is 12.1 Å². The number of halogens is 3. The maximum atomic E-state index is 16.1. The van der Waals surface area contributed by atoms with E-state index in [4.69, 9.17) is 9.73 Å². The Labute approximate surface area is 270 Å². The second-order valence-corrected chi connectivity index (χ2v) is 13.8. The molecule has 0 saturated carbocycles. The molecule has 14 heteroatoms. The highest BCUT2D eigenvalue weighted by atomic mass is 32.1. The van der Waals surface area contributed by atoms with E-state index in [1.165, 1.54) is 17.4 Å². The molecule has 250 valence electrons. The minimum absolute atomic E-state index is 0.0550. The van der Waals surface area contributed by atoms with Crippen molar-refractivity contribution in [2.45, 2.75) is 78.1 Å². The normalized spacial score (nSPS) is 23.9. The number of nitrogens with one attached hydrogen (secondary N) is 1. The van der Waals surface area contributed by atoms with Gasteiger partial charge in [-0.2, -0.15) is 0 Å². The number of likely N-dealkylation sites (tertiary alicyclic amines) is 1. The van der Waals surface area contributed by atoms with Gasteiger partial charge in [-0.15, -0.1) is 11.3 Å². The molecule has 0 bridgehead atoms. The predicted molar refractivity (Wildman–Crippen MR) is 168 cm³/mol. The lowest BCUT2D eigenvalue weighted by molar-refractivity contribution is -0.150. The van der Waals surface area contributed by atoms with Gasteiger partial charge in [0.2, 0.25) is 0 Å². The maximum absolute atomic E-state index is 16.1. The van der Waals surface area contributed by atoms with Crippen LogP contribution in [-0.4, -0.2) is 99.6 Å². The van der Waals surface area contributed by atoms with Crippen LogP contribution in [0.15, 0.2) is 46.0 Å². The summed E-state index contributed by atoms with van der Waals surface area (Å²) >= 11 is 1.32. The second-order valence-electron chi connectivity index (χ2n) is 12.9. The molecule has 1 aromatic carbocycles. The van der Waals surface area contributed by atoms with E-state index in [1.807, 2.05) is 18.9 Å². The molecule has 0 amide bonds. The summed E-state index contributed by atoms with van der Waals surface area (Å²) in [7, 11) is 0. The number of alkyl halides is 2. The molecule has 0 unspecified atom stereocenters. The highest BCUT2D eigenvalue weighted by Crippen LogP contribution is 2.44. The fourth-order valence-electron chi connectivity index (χ4n) is 6.47. The van der Waals surface area contributed by atoms with Crippen molar-refractivity contribution in [1.29, 1.82) is 0 Å². The topological polar surface area (TPSA) is 111 Å². The molecule has 5 rings (SSSR count). The van der Waals surface area contributed by atoms with Crippen molar-refractivity contribution in [3.8, 4) is 0 Å². The number of hydrogen-bond acceptors (Lipinski definition) is 10. The van der Waals surface area contributed by atoms with Gasteiger partial charge in [0.05, 0.1) is 24.1 Å². The number of benzene rings is 1. The Balaban J connectivity index is 1.55. The quantitative estimate of drug-likeness (QED) is 0.333. The molecular formula is C32H41F3N6O4S. The summed E-state index contributed by atoms with van der Waals surface area (Å²) in [6, 6.07) is 1.68. The fraction of sp³-hybridized carbons (Fsp3) is 0.562. The molecule has 3 aliphatic rings. The third-order valence-electron chi connectivity index (χ3n) is 9.07. The molecule has 2 N–H and O–H groups in total. The summed E-state index contributed by atoms with van der Waals surface area (Å²) in [5, 5.41) is 18.7. The molecule has 10 nitrogen and oxygen atoms in total. The van der Waals surface area contributed by atoms with Crippen LogP contribution in [0.5, 0.6) is 0 Å². The number of carboxylic acids is 1. The molecule has 46 heavy (non-hydrogen) atoms. The zero-order valence-electron chi connectivity index (χ0n) is 26.9. The van der Waals surface area contributed by atoms with Crippen LogP contribution >= 0.6 is 11.3 Å². The number of carbonyl (C=O) groups excluding carboxylic acids is 1. The van der Waals surface area contributed by atoms with Crippen LogP contribution < -0.4 is 5.32 Å². The molecule has 4 heterocycles. The molecular weight excluding hydrogens is 621 g/mol. The first-order valence-electron chi connectivity index (χ1n) is 15.4. The monoisotopic (exact) mass is 662 g/mol. The molecule has 3 atom stereocenters. The van der Waals surface area contributed by atoms with Crippen molar-refractivity contribution in [3.63, 3.8) is 0 Å². The van der Waals surface area contributed by atoms with Crippen molar-refractivity contribution in [2.75, 3.05) is 32.8 Å². The number of aliphatic imine (C=N–C) groups is 1. The van der Waals surface area contributed by atoms with Crippen molar-refractivity contribution in [2.24, 2.45) is 10.4 Å². The third-order valence-corrected chi connectivity index (χ3v) is 9.85. The van der Waals surface area contributed by atoms with E-state index in [1.54, 1.807) is 61.3 Å². The highest BCUT2D eigenvalue weighted by Gasteiger charge is 2.62. The molecule has 2 aromatic rings. The van der Waals surface area contributed by atoms with E-state index in [9.17, 15) is 19.1 Å². The summed E-state index contributed by atoms with van der Waals surface area (Å²) in [6.45, 7) is 10.2. The van der Waals surface area contributed by atoms with E-state index in [2.05, 4.69) is 10.3 Å². The number of rotatable bonds is 11. The minimum atomic E-state index is -3.13. The van der Waals surface area contributed by atoms with E-state index in [0.717, 1.165) is 0 Å². The number of hydrazine groups is 1. The maximum Gasteiger partial charge on any atom is 0.338 e. The molecule has 1 aromatic heterocycles. The molecule has 3 aliphatic heterocycles. The number of hydrogen-bond donors (Lipinski definition) is 2. The Hall–Kier alpha value is -3.33. The van der Waals surface area contributed by atoms with Crippen LogP contribution in [0.25, 0.3) is 0 Å². The van der Waals surface area contributed by atoms with Gasteiger partial charge in [0, 0.05) is 49.0 Å². The van der Waals surface area contributed by atoms with Crippen LogP contribution in [0.4, 0.5) is 13.2 Å². The SMILES string of the molecule is CCOC(=O)C1=C(CN2CC(F)(F)[C@@H]3[C@H]2CN(C(C)C)N3CCC(C)(C)C(=O)O)NC(c2nccs2)=N[C@H]1c1cccc(F)c1C. The lowest BCUT2D eigenvalue weighted by Gasteiger charge is -2.37. The summed E-state index contributed by atoms with van der Waals surface area (Å²) in [6.07, 6.45) is 1.80. The Morgan fingerprint density at radius 3 is 2.65 bits per heavy atom. The Bertz CT molecular complexity index is 1530. The van der Waals surface area contributed by atoms with Gasteiger partial charge in [0.15, 0.2) is 10.8 Å². The predicted octanol–water partition coefficient (Wildman–Crippen LogP) is 4.63. The lowest BCUT2D eigenvalue weighted by Crippen LogP contribution is -2.52. The highest BCUT2D eigenvalue weighted by molar-refractivity contribution is 7.11. The Kier molecular flexibility index (Phi) is 9.65. The molecule has 0 spiro atoms. The number of aromatic nitrogens is 1. The van der Waals surface area contributed by atoms with Crippen LogP contribution in [0, 0.1) is 18.2 Å². The summed E-state index contributed by atoms with van der Waals surface area (Å²) in [5.74, 6) is -4.90. The van der Waals surface area contributed by atoms with Gasteiger partial charge in [0.25, 0.3) is 5.92 Å². The van der Waals surface area contributed by atoms with Crippen molar-refractivity contribution >= 4 is 29.1 Å². The van der Waals surface area contributed by atoms with Gasteiger partial charge < -0.3 is 15.2 Å². The zero-order chi connectivity index (χ0) is 33.6. The largest absolute Gasteiger partial charge is 0.481 e. The van der Waals surface area contributed by atoms with E-state index in [0.29, 0.717) is 34.2 Å². The van der Waals surface area contributed by atoms with Crippen molar-refractivity contribution < 1.29 is 32.6 Å². The Morgan fingerprint density at radius 2 is 2.02 bits per heavy atom. The Morgan fingerprint density at radius 1 is 1.28 bits per heavy atom. The van der Waals surface area contributed by atoms with Gasteiger partial charge in [-0.05, 0) is 65.2 Å². The number of esters is 1. The summed E-state index contributed by atoms with van der Waals surface area (Å²) in [4.78, 5) is 36.3. The van der Waals surface area contributed by atoms with Crippen LogP contribution in [-0.2, 0) is 14.3 Å². The van der Waals surface area contributed by atoms with Gasteiger partial charge >= 0.3 is 11.9 Å². The molecule has 2 saturated heterocycles. The third kappa shape index (κ3) is 6.44. The first kappa shape index (κ1) is 34.0. The number of fused-ring (bicyclic) bond motifs is 1. The zero-order valence-corrected chi connectivity index (χ0v) is 27.7. The fourth-order valence-corrected chi connectivity index (χ4v) is 7.06. The molecule has 0 aliphatic carbocycles. The van der Waals surface area contributed by atoms with Gasteiger partial charge in [0.1, 0.15) is 17.9 Å². The smallest absolute Gasteiger partial charge is 0.338 e.